The van der Waals surface area contributed by atoms with Crippen LogP contribution in [0.1, 0.15) is 16.8 Å². The molecule has 0 unspecified atom stereocenters. The summed E-state index contributed by atoms with van der Waals surface area (Å²) in [7, 11) is 0. The molecular formula is C18H17N5OS3. The zero-order chi connectivity index (χ0) is 18.9. The molecule has 9 heteroatoms. The third kappa shape index (κ3) is 6.78. The van der Waals surface area contributed by atoms with Crippen LogP contribution in [0.3, 0.4) is 0 Å². The molecule has 1 amide bonds. The van der Waals surface area contributed by atoms with Gasteiger partial charge in [-0.15, -0.1) is 10.2 Å². The second kappa shape index (κ2) is 10.2. The van der Waals surface area contributed by atoms with Crippen LogP contribution < -0.4 is 5.43 Å². The first-order chi connectivity index (χ1) is 13.2. The number of nitrogens with one attached hydrogen (secondary N) is 1. The average molecular weight is 416 g/mol. The summed E-state index contributed by atoms with van der Waals surface area (Å²) in [6.07, 6.45) is 3.18. The minimum absolute atomic E-state index is 0.198. The van der Waals surface area contributed by atoms with Crippen LogP contribution in [0.4, 0.5) is 0 Å². The Labute approximate surface area is 169 Å². The molecule has 2 aromatic heterocycles. The fourth-order valence-corrected chi connectivity index (χ4v) is 4.69. The summed E-state index contributed by atoms with van der Waals surface area (Å²) in [5.74, 6) is 0.885. The summed E-state index contributed by atoms with van der Waals surface area (Å²) >= 11 is 4.49. The quantitative estimate of drug-likeness (QED) is 0.343. The Hall–Kier alpha value is -2.23. The number of aryl methyl sites for hydroxylation is 1. The van der Waals surface area contributed by atoms with Gasteiger partial charge in [-0.05, 0) is 24.6 Å². The summed E-state index contributed by atoms with van der Waals surface area (Å²) in [6, 6.07) is 13.9. The van der Waals surface area contributed by atoms with E-state index < -0.39 is 0 Å². The largest absolute Gasteiger partial charge is 0.272 e. The molecule has 0 spiro atoms. The summed E-state index contributed by atoms with van der Waals surface area (Å²) < 4.78 is 1.66. The van der Waals surface area contributed by atoms with Crippen LogP contribution in [0.25, 0.3) is 0 Å². The van der Waals surface area contributed by atoms with E-state index in [4.69, 9.17) is 0 Å². The lowest BCUT2D eigenvalue weighted by molar-refractivity contribution is -0.118. The van der Waals surface area contributed by atoms with Crippen LogP contribution in [0.5, 0.6) is 0 Å². The van der Waals surface area contributed by atoms with Crippen molar-refractivity contribution in [1.29, 1.82) is 0 Å². The van der Waals surface area contributed by atoms with Crippen molar-refractivity contribution in [2.75, 3.05) is 5.75 Å². The number of hydrogen-bond donors (Lipinski definition) is 1. The average Bonchev–Trinajstić information content (AvgIpc) is 3.15. The monoisotopic (exact) mass is 415 g/mol. The number of thioether (sulfide) groups is 2. The van der Waals surface area contributed by atoms with Crippen LogP contribution in [0, 0.1) is 6.92 Å². The molecule has 138 valence electrons. The predicted molar refractivity (Wildman–Crippen MR) is 111 cm³/mol. The molecule has 0 aliphatic heterocycles. The van der Waals surface area contributed by atoms with E-state index in [9.17, 15) is 4.79 Å². The molecule has 0 aliphatic rings. The van der Waals surface area contributed by atoms with Crippen LogP contribution in [-0.2, 0) is 10.5 Å². The fourth-order valence-electron chi connectivity index (χ4n) is 1.93. The van der Waals surface area contributed by atoms with Gasteiger partial charge in [-0.2, -0.15) is 5.10 Å². The Kier molecular flexibility index (Phi) is 7.37. The van der Waals surface area contributed by atoms with E-state index in [1.165, 1.54) is 40.4 Å². The van der Waals surface area contributed by atoms with Crippen LogP contribution in [0.15, 0.2) is 62.4 Å². The second-order valence-electron chi connectivity index (χ2n) is 5.44. The van der Waals surface area contributed by atoms with Crippen molar-refractivity contribution in [1.82, 2.24) is 20.6 Å². The zero-order valence-electron chi connectivity index (χ0n) is 14.5. The zero-order valence-corrected chi connectivity index (χ0v) is 17.0. The lowest BCUT2D eigenvalue weighted by Gasteiger charge is -1.99. The highest BCUT2D eigenvalue weighted by Crippen LogP contribution is 2.30. The van der Waals surface area contributed by atoms with Gasteiger partial charge in [0, 0.05) is 11.9 Å². The smallest absolute Gasteiger partial charge is 0.250 e. The van der Waals surface area contributed by atoms with Crippen LogP contribution in [0.2, 0.25) is 0 Å². The highest BCUT2D eigenvalue weighted by molar-refractivity contribution is 8.03. The summed E-state index contributed by atoms with van der Waals surface area (Å²) in [5, 5.41) is 12.2. The van der Waals surface area contributed by atoms with E-state index >= 15 is 0 Å². The number of rotatable bonds is 8. The van der Waals surface area contributed by atoms with Gasteiger partial charge in [-0.3, -0.25) is 9.78 Å². The van der Waals surface area contributed by atoms with Crippen LogP contribution in [-0.4, -0.2) is 33.1 Å². The van der Waals surface area contributed by atoms with E-state index in [1.807, 2.05) is 12.1 Å². The molecule has 3 aromatic rings. The molecule has 1 aromatic carbocycles. The number of hydrazone groups is 1. The summed E-state index contributed by atoms with van der Waals surface area (Å²) in [4.78, 5) is 15.9. The van der Waals surface area contributed by atoms with Gasteiger partial charge in [0.05, 0.1) is 17.7 Å². The number of pyridine rings is 1. The van der Waals surface area contributed by atoms with Gasteiger partial charge >= 0.3 is 0 Å². The molecule has 6 nitrogen and oxygen atoms in total. The van der Waals surface area contributed by atoms with Crippen molar-refractivity contribution in [2.24, 2.45) is 5.10 Å². The van der Waals surface area contributed by atoms with Crippen molar-refractivity contribution in [3.05, 3.63) is 65.5 Å². The Morgan fingerprint density at radius 2 is 1.93 bits per heavy atom. The number of nitrogens with zero attached hydrogens (tertiary/aromatic N) is 4. The summed E-state index contributed by atoms with van der Waals surface area (Å²) in [6.45, 7) is 2.07. The Bertz CT molecular complexity index is 897. The third-order valence-electron chi connectivity index (χ3n) is 3.27. The van der Waals surface area contributed by atoms with E-state index in [0.717, 1.165) is 14.4 Å². The second-order valence-corrected chi connectivity index (χ2v) is 8.87. The first kappa shape index (κ1) is 19.5. The standard InChI is InChI=1S/C18H17N5OS3/c1-13-5-7-14(8-6-13)11-25-17-22-23-18(27-17)26-12-16(24)21-20-10-15-4-2-3-9-19-15/h2-10H,11-12H2,1H3,(H,21,24). The Balaban J connectivity index is 1.40. The van der Waals surface area contributed by atoms with Gasteiger partial charge < -0.3 is 0 Å². The maximum Gasteiger partial charge on any atom is 0.250 e. The summed E-state index contributed by atoms with van der Waals surface area (Å²) in [5.41, 5.74) is 5.67. The van der Waals surface area contributed by atoms with Crippen molar-refractivity contribution in [3.8, 4) is 0 Å². The topological polar surface area (TPSA) is 80.1 Å². The molecule has 0 aliphatic carbocycles. The van der Waals surface area contributed by atoms with E-state index in [1.54, 1.807) is 24.0 Å². The van der Waals surface area contributed by atoms with E-state index in [2.05, 4.69) is 56.9 Å². The molecule has 0 bridgehead atoms. The molecular weight excluding hydrogens is 398 g/mol. The number of aromatic nitrogens is 3. The number of hydrogen-bond acceptors (Lipinski definition) is 8. The van der Waals surface area contributed by atoms with Gasteiger partial charge in [0.2, 0.25) is 0 Å². The molecule has 0 radical (unpaired) electrons. The van der Waals surface area contributed by atoms with Gasteiger partial charge in [0.1, 0.15) is 0 Å². The van der Waals surface area contributed by atoms with Crippen molar-refractivity contribution >= 4 is 47.0 Å². The number of amides is 1. The SMILES string of the molecule is Cc1ccc(CSc2nnc(SCC(=O)NN=Cc3ccccn3)s2)cc1. The van der Waals surface area contributed by atoms with Crippen molar-refractivity contribution in [2.45, 2.75) is 21.4 Å². The highest BCUT2D eigenvalue weighted by Gasteiger charge is 2.08. The first-order valence-electron chi connectivity index (χ1n) is 8.06. The molecule has 0 atom stereocenters. The maximum atomic E-state index is 11.8. The number of benzene rings is 1. The number of carbonyl (C=O) groups excluding carboxylic acids is 1. The minimum atomic E-state index is -0.198. The predicted octanol–water partition coefficient (Wildman–Crippen LogP) is 3.78. The van der Waals surface area contributed by atoms with Crippen molar-refractivity contribution < 1.29 is 4.79 Å². The minimum Gasteiger partial charge on any atom is -0.272 e. The van der Waals surface area contributed by atoms with E-state index in [0.29, 0.717) is 5.69 Å². The van der Waals surface area contributed by atoms with Gasteiger partial charge in [-0.25, -0.2) is 5.43 Å². The Morgan fingerprint density at radius 3 is 2.67 bits per heavy atom. The molecule has 1 N–H and O–H groups in total. The molecule has 0 saturated carbocycles. The lowest BCUT2D eigenvalue weighted by atomic mass is 10.2. The van der Waals surface area contributed by atoms with Gasteiger partial charge in [0.15, 0.2) is 8.68 Å². The fraction of sp³-hybridized carbons (Fsp3) is 0.167. The molecule has 3 rings (SSSR count). The Morgan fingerprint density at radius 1 is 1.15 bits per heavy atom. The third-order valence-corrected chi connectivity index (χ3v) is 6.53. The number of carbonyl (C=O) groups is 1. The molecule has 0 saturated heterocycles. The lowest BCUT2D eigenvalue weighted by Crippen LogP contribution is -2.19. The highest BCUT2D eigenvalue weighted by atomic mass is 32.2. The molecule has 27 heavy (non-hydrogen) atoms. The van der Waals surface area contributed by atoms with E-state index in [-0.39, 0.29) is 11.7 Å². The molecule has 2 heterocycles. The van der Waals surface area contributed by atoms with Gasteiger partial charge in [0.25, 0.3) is 5.91 Å². The van der Waals surface area contributed by atoms with Crippen LogP contribution >= 0.6 is 34.9 Å². The van der Waals surface area contributed by atoms with Gasteiger partial charge in [-0.1, -0.05) is 70.8 Å². The van der Waals surface area contributed by atoms with Crippen molar-refractivity contribution in [3.63, 3.8) is 0 Å². The molecule has 0 fully saturated rings. The normalized spacial score (nSPS) is 11.0. The first-order valence-corrected chi connectivity index (χ1v) is 10.9. The maximum absolute atomic E-state index is 11.8.